The monoisotopic (exact) mass is 335 g/mol. The number of hydrogen-bond donors (Lipinski definition) is 2. The minimum Gasteiger partial charge on any atom is -0.399 e. The molecule has 3 N–H and O–H groups in total. The molecule has 0 radical (unpaired) electrons. The Morgan fingerprint density at radius 2 is 2.20 bits per heavy atom. The van der Waals surface area contributed by atoms with Crippen LogP contribution in [0.5, 0.6) is 0 Å². The second kappa shape index (κ2) is 5.65. The maximum atomic E-state index is 13.8. The lowest BCUT2D eigenvalue weighted by atomic mass is 10.3. The minimum atomic E-state index is -4.04. The van der Waals surface area contributed by atoms with Gasteiger partial charge in [-0.2, -0.15) is 0 Å². The Morgan fingerprint density at radius 1 is 1.50 bits per heavy atom. The number of halogens is 2. The Hall–Kier alpha value is -1.22. The number of thiazole rings is 1. The summed E-state index contributed by atoms with van der Waals surface area (Å²) in [7, 11) is -4.04. The van der Waals surface area contributed by atoms with Gasteiger partial charge < -0.3 is 5.73 Å². The molecule has 2 rings (SSSR count). The molecule has 0 bridgehead atoms. The van der Waals surface area contributed by atoms with Crippen LogP contribution in [0, 0.1) is 12.7 Å². The fraction of sp³-hybridized carbons (Fsp3) is 0.182. The van der Waals surface area contributed by atoms with E-state index in [1.165, 1.54) is 11.3 Å². The molecule has 0 saturated heterocycles. The SMILES string of the molecule is Cc1ncsc1CNS(=O)(=O)c1cc(N)cc(Cl)c1F. The second-order valence-electron chi connectivity index (χ2n) is 4.00. The minimum absolute atomic E-state index is 0.0324. The number of nitrogen functional groups attached to an aromatic ring is 1. The van der Waals surface area contributed by atoms with Gasteiger partial charge in [0.2, 0.25) is 10.0 Å². The largest absolute Gasteiger partial charge is 0.399 e. The van der Waals surface area contributed by atoms with E-state index in [0.717, 1.165) is 22.7 Å². The van der Waals surface area contributed by atoms with Crippen molar-refractivity contribution in [2.45, 2.75) is 18.4 Å². The molecule has 5 nitrogen and oxygen atoms in total. The summed E-state index contributed by atoms with van der Waals surface area (Å²) in [6, 6.07) is 2.19. The molecular formula is C11H11ClFN3O2S2. The Kier molecular flexibility index (Phi) is 4.28. The number of sulfonamides is 1. The summed E-state index contributed by atoms with van der Waals surface area (Å²) in [6.07, 6.45) is 0. The van der Waals surface area contributed by atoms with Crippen LogP contribution < -0.4 is 10.5 Å². The van der Waals surface area contributed by atoms with Gasteiger partial charge in [-0.3, -0.25) is 0 Å². The van der Waals surface area contributed by atoms with Crippen LogP contribution in [0.4, 0.5) is 10.1 Å². The summed E-state index contributed by atoms with van der Waals surface area (Å²) < 4.78 is 40.3. The first kappa shape index (κ1) is 15.2. The van der Waals surface area contributed by atoms with Gasteiger partial charge in [0.1, 0.15) is 4.90 Å². The molecule has 0 atom stereocenters. The number of nitrogens with one attached hydrogen (secondary N) is 1. The molecule has 0 fully saturated rings. The van der Waals surface area contributed by atoms with E-state index in [2.05, 4.69) is 9.71 Å². The van der Waals surface area contributed by atoms with E-state index in [0.29, 0.717) is 0 Å². The molecule has 0 unspecified atom stereocenters. The highest BCUT2D eigenvalue weighted by Gasteiger charge is 2.22. The number of anilines is 1. The van der Waals surface area contributed by atoms with Gasteiger partial charge in [0.15, 0.2) is 5.82 Å². The highest BCUT2D eigenvalue weighted by molar-refractivity contribution is 7.89. The highest BCUT2D eigenvalue weighted by atomic mass is 35.5. The Bertz CT molecular complexity index is 746. The molecule has 20 heavy (non-hydrogen) atoms. The first-order valence-electron chi connectivity index (χ1n) is 5.44. The van der Waals surface area contributed by atoms with Crippen molar-refractivity contribution in [1.29, 1.82) is 0 Å². The van der Waals surface area contributed by atoms with E-state index in [1.54, 1.807) is 12.4 Å². The summed E-state index contributed by atoms with van der Waals surface area (Å²) in [5.74, 6) is -1.02. The lowest BCUT2D eigenvalue weighted by Gasteiger charge is -2.09. The van der Waals surface area contributed by atoms with Gasteiger partial charge in [-0.15, -0.1) is 11.3 Å². The molecule has 0 aliphatic rings. The zero-order valence-corrected chi connectivity index (χ0v) is 12.7. The van der Waals surface area contributed by atoms with Crippen LogP contribution in [0.25, 0.3) is 0 Å². The molecule has 9 heteroatoms. The van der Waals surface area contributed by atoms with Crippen LogP contribution in [-0.4, -0.2) is 13.4 Å². The number of aryl methyl sites for hydroxylation is 1. The van der Waals surface area contributed by atoms with Crippen LogP contribution in [0.15, 0.2) is 22.5 Å². The molecule has 1 aromatic carbocycles. The summed E-state index contributed by atoms with van der Waals surface area (Å²) in [4.78, 5) is 4.19. The van der Waals surface area contributed by atoms with Gasteiger partial charge in [-0.05, 0) is 19.1 Å². The van der Waals surface area contributed by atoms with E-state index < -0.39 is 20.7 Å². The fourth-order valence-electron chi connectivity index (χ4n) is 1.51. The molecule has 108 valence electrons. The third kappa shape index (κ3) is 3.09. The molecular weight excluding hydrogens is 325 g/mol. The third-order valence-electron chi connectivity index (χ3n) is 2.57. The van der Waals surface area contributed by atoms with Gasteiger partial charge >= 0.3 is 0 Å². The van der Waals surface area contributed by atoms with Gasteiger partial charge in [-0.1, -0.05) is 11.6 Å². The average molecular weight is 336 g/mol. The van der Waals surface area contributed by atoms with Crippen molar-refractivity contribution in [1.82, 2.24) is 9.71 Å². The number of nitrogens with two attached hydrogens (primary N) is 1. The summed E-state index contributed by atoms with van der Waals surface area (Å²) in [6.45, 7) is 1.79. The first-order chi connectivity index (χ1) is 9.31. The molecule has 0 amide bonds. The molecule has 1 aromatic heterocycles. The van der Waals surface area contributed by atoms with E-state index in [1.807, 2.05) is 0 Å². The lowest BCUT2D eigenvalue weighted by molar-refractivity contribution is 0.557. The van der Waals surface area contributed by atoms with Crippen LogP contribution in [0.1, 0.15) is 10.6 Å². The molecule has 0 spiro atoms. The Balaban J connectivity index is 2.29. The third-order valence-corrected chi connectivity index (χ3v) is 5.18. The van der Waals surface area contributed by atoms with E-state index in [9.17, 15) is 12.8 Å². The fourth-order valence-corrected chi connectivity index (χ4v) is 3.73. The van der Waals surface area contributed by atoms with Gasteiger partial charge in [0.05, 0.1) is 16.2 Å². The van der Waals surface area contributed by atoms with Crippen molar-refractivity contribution in [3.63, 3.8) is 0 Å². The Labute approximate surface area is 124 Å². The van der Waals surface area contributed by atoms with Crippen molar-refractivity contribution >= 4 is 38.6 Å². The summed E-state index contributed by atoms with van der Waals surface area (Å²) in [5, 5.41) is -0.334. The van der Waals surface area contributed by atoms with E-state index >= 15 is 0 Å². The smallest absolute Gasteiger partial charge is 0.243 e. The number of aromatic nitrogens is 1. The van der Waals surface area contributed by atoms with Crippen LogP contribution in [0.2, 0.25) is 5.02 Å². The van der Waals surface area contributed by atoms with Crippen LogP contribution in [0.3, 0.4) is 0 Å². The van der Waals surface area contributed by atoms with Crippen molar-refractivity contribution in [2.75, 3.05) is 5.73 Å². The summed E-state index contributed by atoms with van der Waals surface area (Å²) in [5.41, 5.74) is 7.90. The predicted octanol–water partition coefficient (Wildman–Crippen LogP) is 2.30. The van der Waals surface area contributed by atoms with Crippen LogP contribution >= 0.6 is 22.9 Å². The van der Waals surface area contributed by atoms with Crippen molar-refractivity contribution in [2.24, 2.45) is 0 Å². The van der Waals surface area contributed by atoms with Gasteiger partial charge in [0.25, 0.3) is 0 Å². The number of benzene rings is 1. The van der Waals surface area contributed by atoms with Crippen LogP contribution in [-0.2, 0) is 16.6 Å². The number of rotatable bonds is 4. The maximum Gasteiger partial charge on any atom is 0.243 e. The molecule has 0 aliphatic heterocycles. The molecule has 0 aliphatic carbocycles. The number of hydrogen-bond acceptors (Lipinski definition) is 5. The van der Waals surface area contributed by atoms with Gasteiger partial charge in [0, 0.05) is 17.1 Å². The van der Waals surface area contributed by atoms with Crippen molar-refractivity contribution < 1.29 is 12.8 Å². The molecule has 0 saturated carbocycles. The Morgan fingerprint density at radius 3 is 2.80 bits per heavy atom. The number of nitrogens with zero attached hydrogens (tertiary/aromatic N) is 1. The highest BCUT2D eigenvalue weighted by Crippen LogP contribution is 2.26. The summed E-state index contributed by atoms with van der Waals surface area (Å²) >= 11 is 6.91. The predicted molar refractivity (Wildman–Crippen MR) is 76.7 cm³/mol. The van der Waals surface area contributed by atoms with E-state index in [4.69, 9.17) is 17.3 Å². The van der Waals surface area contributed by atoms with Gasteiger partial charge in [-0.25, -0.2) is 22.5 Å². The maximum absolute atomic E-state index is 13.8. The average Bonchev–Trinajstić information content (AvgIpc) is 2.77. The topological polar surface area (TPSA) is 85.1 Å². The first-order valence-corrected chi connectivity index (χ1v) is 8.18. The standard InChI is InChI=1S/C11H11ClFN3O2S2/c1-6-9(19-5-15-6)4-16-20(17,18)10-3-7(14)2-8(12)11(10)13/h2-3,5,16H,4,14H2,1H3. The zero-order chi connectivity index (χ0) is 14.9. The zero-order valence-electron chi connectivity index (χ0n) is 10.4. The van der Waals surface area contributed by atoms with Crippen molar-refractivity contribution in [3.8, 4) is 0 Å². The molecule has 2 aromatic rings. The van der Waals surface area contributed by atoms with Crippen molar-refractivity contribution in [3.05, 3.63) is 39.1 Å². The van der Waals surface area contributed by atoms with E-state index in [-0.39, 0.29) is 17.3 Å². The quantitative estimate of drug-likeness (QED) is 0.840. The molecule has 1 heterocycles. The normalized spacial score (nSPS) is 11.8. The lowest BCUT2D eigenvalue weighted by Crippen LogP contribution is -2.24. The second-order valence-corrected chi connectivity index (χ2v) is 7.08.